The van der Waals surface area contributed by atoms with Crippen LogP contribution in [0.5, 0.6) is 0 Å². The summed E-state index contributed by atoms with van der Waals surface area (Å²) in [6, 6.07) is 22.0. The fourth-order valence-electron chi connectivity index (χ4n) is 3.72. The van der Waals surface area contributed by atoms with Crippen molar-refractivity contribution in [3.05, 3.63) is 105 Å². The van der Waals surface area contributed by atoms with Crippen molar-refractivity contribution in [2.75, 3.05) is 0 Å². The first kappa shape index (κ1) is 20.4. The molecule has 32 heavy (non-hydrogen) atoms. The van der Waals surface area contributed by atoms with E-state index in [1.54, 1.807) is 28.2 Å². The summed E-state index contributed by atoms with van der Waals surface area (Å²) < 4.78 is 15.2. The average Bonchev–Trinajstić information content (AvgIpc) is 3.47. The molecular formula is C25H21FN4OS. The van der Waals surface area contributed by atoms with E-state index in [4.69, 9.17) is 5.10 Å². The van der Waals surface area contributed by atoms with Gasteiger partial charge >= 0.3 is 0 Å². The molecule has 0 amide bonds. The van der Waals surface area contributed by atoms with Crippen LogP contribution < -0.4 is 10.9 Å². The van der Waals surface area contributed by atoms with E-state index in [0.717, 1.165) is 16.6 Å². The molecule has 1 unspecified atom stereocenters. The van der Waals surface area contributed by atoms with Crippen LogP contribution in [0.15, 0.2) is 83.0 Å². The second kappa shape index (κ2) is 8.53. The number of rotatable bonds is 6. The fourth-order valence-corrected chi connectivity index (χ4v) is 4.48. The molecule has 0 aliphatic carbocycles. The van der Waals surface area contributed by atoms with Crippen LogP contribution in [0.1, 0.15) is 23.4 Å². The Morgan fingerprint density at radius 2 is 1.88 bits per heavy atom. The molecular weight excluding hydrogens is 423 g/mol. The molecule has 0 spiro atoms. The molecule has 5 rings (SSSR count). The van der Waals surface area contributed by atoms with E-state index in [9.17, 15) is 9.18 Å². The van der Waals surface area contributed by atoms with Crippen molar-refractivity contribution >= 4 is 22.4 Å². The van der Waals surface area contributed by atoms with Crippen LogP contribution in [0.2, 0.25) is 0 Å². The van der Waals surface area contributed by atoms with Crippen molar-refractivity contribution in [2.24, 2.45) is 0 Å². The molecule has 0 aliphatic heterocycles. The molecule has 3 aromatic heterocycles. The smallest absolute Gasteiger partial charge is 0.254 e. The third kappa shape index (κ3) is 3.88. The van der Waals surface area contributed by atoms with Crippen LogP contribution in [0.3, 0.4) is 0 Å². The highest BCUT2D eigenvalue weighted by atomic mass is 32.1. The minimum absolute atomic E-state index is 0.133. The zero-order valence-corrected chi connectivity index (χ0v) is 18.2. The van der Waals surface area contributed by atoms with Gasteiger partial charge in [-0.3, -0.25) is 4.79 Å². The average molecular weight is 445 g/mol. The number of para-hydroxylation sites is 1. The van der Waals surface area contributed by atoms with Gasteiger partial charge in [-0.1, -0.05) is 24.3 Å². The van der Waals surface area contributed by atoms with E-state index in [0.29, 0.717) is 23.4 Å². The lowest BCUT2D eigenvalue weighted by molar-refractivity contribution is 0.580. The number of pyridine rings is 1. The maximum absolute atomic E-state index is 13.5. The second-order valence-corrected chi connectivity index (χ2v) is 8.59. The standard InChI is InChI=1S/C25H21FN4OS/c1-16(22-8-5-13-32-22)27-15-18-14-21-23(17-9-11-19(26)12-10-17)29-30(24(21)28-25(18)31)20-6-3-2-4-7-20/h2-14,16,27H,15H2,1H3,(H,28,31). The molecule has 0 saturated carbocycles. The van der Waals surface area contributed by atoms with Crippen molar-refractivity contribution in [1.29, 1.82) is 0 Å². The van der Waals surface area contributed by atoms with Gasteiger partial charge in [0.2, 0.25) is 0 Å². The van der Waals surface area contributed by atoms with Gasteiger partial charge in [0.25, 0.3) is 5.56 Å². The molecule has 7 heteroatoms. The Balaban J connectivity index is 1.60. The molecule has 2 N–H and O–H groups in total. The molecule has 5 nitrogen and oxygen atoms in total. The van der Waals surface area contributed by atoms with E-state index >= 15 is 0 Å². The van der Waals surface area contributed by atoms with E-state index in [2.05, 4.69) is 23.3 Å². The zero-order valence-electron chi connectivity index (χ0n) is 17.4. The quantitative estimate of drug-likeness (QED) is 0.367. The lowest BCUT2D eigenvalue weighted by Gasteiger charge is -2.12. The molecule has 0 fully saturated rings. The number of aromatic nitrogens is 3. The van der Waals surface area contributed by atoms with Gasteiger partial charge in [-0.2, -0.15) is 5.10 Å². The topological polar surface area (TPSA) is 62.7 Å². The molecule has 0 bridgehead atoms. The summed E-state index contributed by atoms with van der Waals surface area (Å²) in [5.41, 5.74) is 3.37. The Morgan fingerprint density at radius 1 is 1.09 bits per heavy atom. The van der Waals surface area contributed by atoms with Crippen LogP contribution in [0, 0.1) is 5.82 Å². The summed E-state index contributed by atoms with van der Waals surface area (Å²) in [5, 5.41) is 11.1. The van der Waals surface area contributed by atoms with Crippen molar-refractivity contribution in [2.45, 2.75) is 19.5 Å². The van der Waals surface area contributed by atoms with E-state index in [-0.39, 0.29) is 17.4 Å². The number of hydrogen-bond acceptors (Lipinski definition) is 4. The Labute approximate surface area is 188 Å². The molecule has 0 saturated heterocycles. The Hall–Kier alpha value is -3.55. The number of hydrogen-bond donors (Lipinski definition) is 2. The Bertz CT molecular complexity index is 1410. The number of fused-ring (bicyclic) bond motifs is 1. The van der Waals surface area contributed by atoms with Gasteiger partial charge in [0, 0.05) is 34.0 Å². The SMILES string of the molecule is CC(NCc1cc2c(-c3ccc(F)cc3)nn(-c3ccccc3)c2[nH]c1=O)c1cccs1. The normalized spacial score (nSPS) is 12.3. The van der Waals surface area contributed by atoms with E-state index < -0.39 is 0 Å². The summed E-state index contributed by atoms with van der Waals surface area (Å²) in [7, 11) is 0. The van der Waals surface area contributed by atoms with Crippen molar-refractivity contribution < 1.29 is 4.39 Å². The zero-order chi connectivity index (χ0) is 22.1. The van der Waals surface area contributed by atoms with Crippen LogP contribution in [-0.4, -0.2) is 14.8 Å². The van der Waals surface area contributed by atoms with Gasteiger partial charge < -0.3 is 10.3 Å². The van der Waals surface area contributed by atoms with Gasteiger partial charge in [0.15, 0.2) is 0 Å². The maximum Gasteiger partial charge on any atom is 0.254 e. The number of nitrogens with one attached hydrogen (secondary N) is 2. The number of thiophene rings is 1. The van der Waals surface area contributed by atoms with Crippen LogP contribution in [0.4, 0.5) is 4.39 Å². The number of nitrogens with zero attached hydrogens (tertiary/aromatic N) is 2. The van der Waals surface area contributed by atoms with E-state index in [1.165, 1.54) is 17.0 Å². The molecule has 0 radical (unpaired) electrons. The molecule has 5 aromatic rings. The van der Waals surface area contributed by atoms with Gasteiger partial charge in [-0.15, -0.1) is 11.3 Å². The van der Waals surface area contributed by atoms with Crippen LogP contribution in [-0.2, 0) is 6.54 Å². The van der Waals surface area contributed by atoms with Gasteiger partial charge in [0.05, 0.1) is 5.69 Å². The Morgan fingerprint density at radius 3 is 2.59 bits per heavy atom. The highest BCUT2D eigenvalue weighted by Crippen LogP contribution is 2.29. The molecule has 160 valence electrons. The third-order valence-electron chi connectivity index (χ3n) is 5.45. The van der Waals surface area contributed by atoms with E-state index in [1.807, 2.05) is 47.8 Å². The van der Waals surface area contributed by atoms with Crippen LogP contribution in [0.25, 0.3) is 28.0 Å². The summed E-state index contributed by atoms with van der Waals surface area (Å²) in [5.74, 6) is -0.304. The number of halogens is 1. The summed E-state index contributed by atoms with van der Waals surface area (Å²) in [6.45, 7) is 2.50. The maximum atomic E-state index is 13.5. The van der Waals surface area contributed by atoms with Gasteiger partial charge in [-0.05, 0) is 60.8 Å². The summed E-state index contributed by atoms with van der Waals surface area (Å²) in [6.07, 6.45) is 0. The number of benzene rings is 2. The second-order valence-electron chi connectivity index (χ2n) is 7.61. The lowest BCUT2D eigenvalue weighted by atomic mass is 10.1. The third-order valence-corrected chi connectivity index (χ3v) is 6.51. The van der Waals surface area contributed by atoms with Crippen molar-refractivity contribution in [3.63, 3.8) is 0 Å². The van der Waals surface area contributed by atoms with Crippen LogP contribution >= 0.6 is 11.3 Å². The monoisotopic (exact) mass is 444 g/mol. The lowest BCUT2D eigenvalue weighted by Crippen LogP contribution is -2.23. The summed E-state index contributed by atoms with van der Waals surface area (Å²) in [4.78, 5) is 17.2. The minimum Gasteiger partial charge on any atom is -0.306 e. The van der Waals surface area contributed by atoms with Gasteiger partial charge in [-0.25, -0.2) is 9.07 Å². The predicted molar refractivity (Wildman–Crippen MR) is 127 cm³/mol. The first-order valence-corrected chi connectivity index (χ1v) is 11.2. The van der Waals surface area contributed by atoms with Crippen molar-refractivity contribution in [1.82, 2.24) is 20.1 Å². The number of aromatic amines is 1. The summed E-state index contributed by atoms with van der Waals surface area (Å²) >= 11 is 1.68. The van der Waals surface area contributed by atoms with Crippen molar-refractivity contribution in [3.8, 4) is 16.9 Å². The van der Waals surface area contributed by atoms with Gasteiger partial charge in [0.1, 0.15) is 17.2 Å². The minimum atomic E-state index is -0.304. The molecule has 3 heterocycles. The molecule has 2 aromatic carbocycles. The highest BCUT2D eigenvalue weighted by Gasteiger charge is 2.17. The fraction of sp³-hybridized carbons (Fsp3) is 0.120. The predicted octanol–water partition coefficient (Wildman–Crippen LogP) is 5.43. The number of H-pyrrole nitrogens is 1. The molecule has 0 aliphatic rings. The first-order valence-electron chi connectivity index (χ1n) is 10.3. The first-order chi connectivity index (χ1) is 15.6. The Kier molecular flexibility index (Phi) is 5.43. The largest absolute Gasteiger partial charge is 0.306 e. The molecule has 1 atom stereocenters. The highest BCUT2D eigenvalue weighted by molar-refractivity contribution is 7.10.